The Labute approximate surface area is 149 Å². The number of rotatable bonds is 7. The second kappa shape index (κ2) is 8.45. The van der Waals surface area contributed by atoms with E-state index < -0.39 is 0 Å². The minimum absolute atomic E-state index is 0.114. The van der Waals surface area contributed by atoms with Gasteiger partial charge < -0.3 is 19.7 Å². The molecule has 1 aromatic heterocycles. The van der Waals surface area contributed by atoms with Gasteiger partial charge >= 0.3 is 0 Å². The molecule has 1 atom stereocenters. The van der Waals surface area contributed by atoms with E-state index in [0.717, 1.165) is 50.3 Å². The zero-order valence-corrected chi connectivity index (χ0v) is 15.3. The summed E-state index contributed by atoms with van der Waals surface area (Å²) in [7, 11) is 2.17. The SMILES string of the molecule is C[C@H](CNC(=O)CCn1cnc2ccccc21)CN1CCN(C)CC1. The Bertz CT molecular complexity index is 690. The number of aryl methyl sites for hydroxylation is 1. The van der Waals surface area contributed by atoms with Gasteiger partial charge in [-0.3, -0.25) is 4.79 Å². The first-order valence-electron chi connectivity index (χ1n) is 9.19. The van der Waals surface area contributed by atoms with Crippen LogP contribution in [0.3, 0.4) is 0 Å². The summed E-state index contributed by atoms with van der Waals surface area (Å²) in [4.78, 5) is 21.4. The molecular formula is C19H29N5O. The zero-order chi connectivity index (χ0) is 17.6. The minimum atomic E-state index is 0.114. The molecule has 6 heteroatoms. The van der Waals surface area contributed by atoms with Crippen LogP contribution in [0.25, 0.3) is 11.0 Å². The highest BCUT2D eigenvalue weighted by Crippen LogP contribution is 2.12. The average molecular weight is 343 g/mol. The third kappa shape index (κ3) is 5.03. The smallest absolute Gasteiger partial charge is 0.221 e. The molecule has 2 aromatic rings. The lowest BCUT2D eigenvalue weighted by molar-refractivity contribution is -0.121. The quantitative estimate of drug-likeness (QED) is 0.826. The molecule has 0 aliphatic carbocycles. The monoisotopic (exact) mass is 343 g/mol. The van der Waals surface area contributed by atoms with Crippen LogP contribution in [-0.4, -0.2) is 71.6 Å². The Kier molecular flexibility index (Phi) is 6.04. The van der Waals surface area contributed by atoms with Crippen LogP contribution in [0.1, 0.15) is 13.3 Å². The van der Waals surface area contributed by atoms with Crippen molar-refractivity contribution >= 4 is 16.9 Å². The lowest BCUT2D eigenvalue weighted by Crippen LogP contribution is -2.46. The summed E-state index contributed by atoms with van der Waals surface area (Å²) in [5.74, 6) is 0.587. The molecule has 3 rings (SSSR count). The number of amides is 1. The number of hydrogen-bond acceptors (Lipinski definition) is 4. The van der Waals surface area contributed by atoms with E-state index in [1.807, 2.05) is 35.2 Å². The van der Waals surface area contributed by atoms with Gasteiger partial charge in [0.25, 0.3) is 0 Å². The summed E-state index contributed by atoms with van der Waals surface area (Å²) in [5, 5.41) is 3.08. The molecule has 1 fully saturated rings. The molecule has 1 aromatic carbocycles. The van der Waals surface area contributed by atoms with E-state index in [1.165, 1.54) is 0 Å². The van der Waals surface area contributed by atoms with E-state index in [4.69, 9.17) is 0 Å². The van der Waals surface area contributed by atoms with Gasteiger partial charge in [0.15, 0.2) is 0 Å². The molecule has 0 radical (unpaired) electrons. The molecule has 1 N–H and O–H groups in total. The number of fused-ring (bicyclic) bond motifs is 1. The highest BCUT2D eigenvalue weighted by atomic mass is 16.1. The number of imidazole rings is 1. The van der Waals surface area contributed by atoms with Gasteiger partial charge in [-0.1, -0.05) is 19.1 Å². The standard InChI is InChI=1S/C19H29N5O/c1-16(14-23-11-9-22(2)10-12-23)13-20-19(25)7-8-24-15-21-17-5-3-4-6-18(17)24/h3-6,15-16H,7-14H2,1-2H3,(H,20,25)/t16-/m1/s1. The number of benzene rings is 1. The van der Waals surface area contributed by atoms with Crippen molar-refractivity contribution in [2.75, 3.05) is 46.3 Å². The summed E-state index contributed by atoms with van der Waals surface area (Å²) in [6.07, 6.45) is 2.30. The Balaban J connectivity index is 1.38. The summed E-state index contributed by atoms with van der Waals surface area (Å²) >= 11 is 0. The first-order chi connectivity index (χ1) is 12.1. The van der Waals surface area contributed by atoms with Crippen molar-refractivity contribution in [1.82, 2.24) is 24.7 Å². The van der Waals surface area contributed by atoms with Crippen LogP contribution in [0.4, 0.5) is 0 Å². The molecule has 136 valence electrons. The highest BCUT2D eigenvalue weighted by Gasteiger charge is 2.16. The molecule has 1 aliphatic heterocycles. The molecule has 6 nitrogen and oxygen atoms in total. The van der Waals surface area contributed by atoms with E-state index in [0.29, 0.717) is 18.9 Å². The van der Waals surface area contributed by atoms with Crippen LogP contribution >= 0.6 is 0 Å². The molecule has 1 amide bonds. The number of aromatic nitrogens is 2. The van der Waals surface area contributed by atoms with Crippen molar-refractivity contribution in [3.8, 4) is 0 Å². The lowest BCUT2D eigenvalue weighted by atomic mass is 10.1. The molecule has 2 heterocycles. The van der Waals surface area contributed by atoms with Gasteiger partial charge in [-0.25, -0.2) is 4.98 Å². The molecule has 0 bridgehead atoms. The van der Waals surface area contributed by atoms with Crippen LogP contribution in [0, 0.1) is 5.92 Å². The number of hydrogen-bond donors (Lipinski definition) is 1. The van der Waals surface area contributed by atoms with E-state index >= 15 is 0 Å². The van der Waals surface area contributed by atoms with Crippen LogP contribution in [0.2, 0.25) is 0 Å². The van der Waals surface area contributed by atoms with E-state index in [9.17, 15) is 4.79 Å². The fourth-order valence-corrected chi connectivity index (χ4v) is 3.32. The number of carbonyl (C=O) groups is 1. The van der Waals surface area contributed by atoms with Crippen LogP contribution in [0.5, 0.6) is 0 Å². The van der Waals surface area contributed by atoms with Crippen molar-refractivity contribution in [3.05, 3.63) is 30.6 Å². The summed E-state index contributed by atoms with van der Waals surface area (Å²) in [5.41, 5.74) is 2.06. The van der Waals surface area contributed by atoms with Crippen molar-refractivity contribution < 1.29 is 4.79 Å². The highest BCUT2D eigenvalue weighted by molar-refractivity contribution is 5.77. The fraction of sp³-hybridized carbons (Fsp3) is 0.579. The predicted molar refractivity (Wildman–Crippen MR) is 100 cm³/mol. The van der Waals surface area contributed by atoms with Gasteiger partial charge in [-0.2, -0.15) is 0 Å². The molecule has 0 saturated carbocycles. The number of nitrogens with one attached hydrogen (secondary N) is 1. The normalized spacial score (nSPS) is 17.7. The number of piperazine rings is 1. The largest absolute Gasteiger partial charge is 0.356 e. The molecule has 1 aliphatic rings. The number of carbonyl (C=O) groups excluding carboxylic acids is 1. The van der Waals surface area contributed by atoms with E-state index in [2.05, 4.69) is 34.1 Å². The summed E-state index contributed by atoms with van der Waals surface area (Å²) in [6.45, 7) is 9.21. The van der Waals surface area contributed by atoms with Crippen molar-refractivity contribution in [1.29, 1.82) is 0 Å². The van der Waals surface area contributed by atoms with Gasteiger partial charge in [-0.05, 0) is 25.1 Å². The van der Waals surface area contributed by atoms with Crippen LogP contribution in [0.15, 0.2) is 30.6 Å². The van der Waals surface area contributed by atoms with Crippen LogP contribution < -0.4 is 5.32 Å². The molecule has 25 heavy (non-hydrogen) atoms. The molecular weight excluding hydrogens is 314 g/mol. The first-order valence-corrected chi connectivity index (χ1v) is 9.19. The van der Waals surface area contributed by atoms with Gasteiger partial charge in [0.2, 0.25) is 5.91 Å². The third-order valence-corrected chi connectivity index (χ3v) is 4.92. The fourth-order valence-electron chi connectivity index (χ4n) is 3.32. The average Bonchev–Trinajstić information content (AvgIpc) is 3.03. The maximum Gasteiger partial charge on any atom is 0.221 e. The summed E-state index contributed by atoms with van der Waals surface area (Å²) in [6, 6.07) is 8.01. The second-order valence-corrected chi connectivity index (χ2v) is 7.19. The Hall–Kier alpha value is -1.92. The van der Waals surface area contributed by atoms with Crippen LogP contribution in [-0.2, 0) is 11.3 Å². The number of para-hydroxylation sites is 2. The van der Waals surface area contributed by atoms with E-state index in [1.54, 1.807) is 0 Å². The summed E-state index contributed by atoms with van der Waals surface area (Å²) < 4.78 is 2.04. The van der Waals surface area contributed by atoms with Gasteiger partial charge in [-0.15, -0.1) is 0 Å². The zero-order valence-electron chi connectivity index (χ0n) is 15.3. The van der Waals surface area contributed by atoms with Gasteiger partial charge in [0, 0.05) is 52.2 Å². The number of nitrogens with zero attached hydrogens (tertiary/aromatic N) is 4. The van der Waals surface area contributed by atoms with Crippen molar-refractivity contribution in [2.45, 2.75) is 19.9 Å². The lowest BCUT2D eigenvalue weighted by Gasteiger charge is -2.33. The maximum absolute atomic E-state index is 12.1. The molecule has 0 unspecified atom stereocenters. The number of likely N-dealkylation sites (N-methyl/N-ethyl adjacent to an activating group) is 1. The Morgan fingerprint density at radius 3 is 2.80 bits per heavy atom. The van der Waals surface area contributed by atoms with E-state index in [-0.39, 0.29) is 5.91 Å². The van der Waals surface area contributed by atoms with Crippen molar-refractivity contribution in [3.63, 3.8) is 0 Å². The second-order valence-electron chi connectivity index (χ2n) is 7.19. The Morgan fingerprint density at radius 1 is 1.24 bits per heavy atom. The molecule has 0 spiro atoms. The maximum atomic E-state index is 12.1. The van der Waals surface area contributed by atoms with Crippen molar-refractivity contribution in [2.24, 2.45) is 5.92 Å². The first kappa shape index (κ1) is 17.9. The molecule has 1 saturated heterocycles. The third-order valence-electron chi connectivity index (χ3n) is 4.92. The Morgan fingerprint density at radius 2 is 2.00 bits per heavy atom. The van der Waals surface area contributed by atoms with Gasteiger partial charge in [0.1, 0.15) is 0 Å². The predicted octanol–water partition coefficient (Wildman–Crippen LogP) is 1.43. The topological polar surface area (TPSA) is 53.4 Å². The van der Waals surface area contributed by atoms with Gasteiger partial charge in [0.05, 0.1) is 17.4 Å². The minimum Gasteiger partial charge on any atom is -0.356 e.